The maximum absolute atomic E-state index is 16.0. The fraction of sp³-hybridized carbons (Fsp3) is 0.576. The minimum Gasteiger partial charge on any atom is -0.384 e. The van der Waals surface area contributed by atoms with Crippen molar-refractivity contribution >= 4 is 17.5 Å². The first-order chi connectivity index (χ1) is 19.4. The van der Waals surface area contributed by atoms with E-state index in [1.807, 2.05) is 6.07 Å². The van der Waals surface area contributed by atoms with Gasteiger partial charge in [0.25, 0.3) is 11.8 Å². The molecular formula is C33H42FN3O3. The monoisotopic (exact) mass is 547 g/mol. The van der Waals surface area contributed by atoms with Gasteiger partial charge >= 0.3 is 0 Å². The Kier molecular flexibility index (Phi) is 7.60. The molecule has 2 aliphatic heterocycles. The molecule has 2 N–H and O–H groups in total. The molecule has 1 saturated heterocycles. The van der Waals surface area contributed by atoms with Gasteiger partial charge in [-0.3, -0.25) is 9.59 Å². The summed E-state index contributed by atoms with van der Waals surface area (Å²) >= 11 is 0. The Morgan fingerprint density at radius 1 is 0.825 bits per heavy atom. The number of carbonyl (C=O) groups is 2. The maximum Gasteiger partial charge on any atom is 0.254 e. The summed E-state index contributed by atoms with van der Waals surface area (Å²) in [5, 5.41) is 13.8. The van der Waals surface area contributed by atoms with E-state index in [2.05, 4.69) is 29.6 Å². The molecule has 6 nitrogen and oxygen atoms in total. The van der Waals surface area contributed by atoms with Crippen LogP contribution in [0.15, 0.2) is 42.5 Å². The van der Waals surface area contributed by atoms with Gasteiger partial charge in [-0.25, -0.2) is 4.39 Å². The van der Waals surface area contributed by atoms with Gasteiger partial charge in [-0.2, -0.15) is 0 Å². The minimum absolute atomic E-state index is 0.00578. The number of hydrogen-bond donors (Lipinski definition) is 2. The fourth-order valence-electron chi connectivity index (χ4n) is 7.45. The smallest absolute Gasteiger partial charge is 0.254 e. The van der Waals surface area contributed by atoms with Gasteiger partial charge in [0, 0.05) is 55.3 Å². The summed E-state index contributed by atoms with van der Waals surface area (Å²) in [6.45, 7) is 2.24. The molecule has 3 fully saturated rings. The van der Waals surface area contributed by atoms with Crippen LogP contribution in [0.2, 0.25) is 0 Å². The lowest BCUT2D eigenvalue weighted by atomic mass is 9.60. The van der Waals surface area contributed by atoms with Crippen molar-refractivity contribution in [3.63, 3.8) is 0 Å². The second-order valence-electron chi connectivity index (χ2n) is 12.5. The van der Waals surface area contributed by atoms with Gasteiger partial charge in [-0.05, 0) is 55.0 Å². The van der Waals surface area contributed by atoms with Crippen LogP contribution in [0.25, 0.3) is 0 Å². The van der Waals surface area contributed by atoms with Gasteiger partial charge in [0.15, 0.2) is 0 Å². The number of piperazine rings is 1. The highest BCUT2D eigenvalue weighted by atomic mass is 19.1. The van der Waals surface area contributed by atoms with Gasteiger partial charge in [-0.1, -0.05) is 69.2 Å². The average molecular weight is 548 g/mol. The average Bonchev–Trinajstić information content (AvgIpc) is 3.74. The van der Waals surface area contributed by atoms with E-state index in [1.54, 1.807) is 15.9 Å². The summed E-state index contributed by atoms with van der Waals surface area (Å²) < 4.78 is 16.0. The van der Waals surface area contributed by atoms with Crippen LogP contribution in [-0.4, -0.2) is 65.0 Å². The third-order valence-electron chi connectivity index (χ3n) is 9.97. The molecule has 2 amide bonds. The summed E-state index contributed by atoms with van der Waals surface area (Å²) in [6, 6.07) is 13.7. The quantitative estimate of drug-likeness (QED) is 0.524. The van der Waals surface area contributed by atoms with Gasteiger partial charge in [0.2, 0.25) is 0 Å². The number of carbonyl (C=O) groups excluding carboxylic acids is 2. The van der Waals surface area contributed by atoms with E-state index in [0.717, 1.165) is 25.7 Å². The molecule has 40 heavy (non-hydrogen) atoms. The summed E-state index contributed by atoms with van der Waals surface area (Å²) in [6.07, 6.45) is 11.7. The molecule has 7 heteroatoms. The number of nitrogens with zero attached hydrogens (tertiary/aromatic N) is 2. The van der Waals surface area contributed by atoms with Crippen molar-refractivity contribution in [1.29, 1.82) is 0 Å². The predicted octanol–water partition coefficient (Wildman–Crippen LogP) is 5.61. The highest BCUT2D eigenvalue weighted by Gasteiger charge is 2.50. The van der Waals surface area contributed by atoms with E-state index in [9.17, 15) is 14.7 Å². The Bertz CT molecular complexity index is 1240. The number of anilines is 1. The van der Waals surface area contributed by atoms with Crippen molar-refractivity contribution in [2.24, 2.45) is 0 Å². The molecule has 2 aromatic carbocycles. The number of nitrogens with one attached hydrogen (secondary N) is 1. The Morgan fingerprint density at radius 3 is 2.10 bits per heavy atom. The van der Waals surface area contributed by atoms with E-state index < -0.39 is 5.60 Å². The number of para-hydroxylation sites is 1. The second-order valence-corrected chi connectivity index (χ2v) is 12.5. The molecule has 214 valence electrons. The number of fused-ring (bicyclic) bond motifs is 2. The van der Waals surface area contributed by atoms with Crippen LogP contribution >= 0.6 is 0 Å². The molecule has 2 aromatic rings. The lowest BCUT2D eigenvalue weighted by molar-refractivity contribution is -0.143. The second kappa shape index (κ2) is 11.2. The molecule has 2 saturated carbocycles. The highest BCUT2D eigenvalue weighted by Crippen LogP contribution is 2.52. The van der Waals surface area contributed by atoms with Crippen molar-refractivity contribution in [2.45, 2.75) is 87.6 Å². The highest BCUT2D eigenvalue weighted by molar-refractivity contribution is 5.94. The number of aliphatic hydroxyl groups is 1. The Balaban J connectivity index is 1.23. The minimum atomic E-state index is -1.19. The Hall–Kier alpha value is -2.93. The van der Waals surface area contributed by atoms with Gasteiger partial charge in [-0.15, -0.1) is 0 Å². The number of rotatable bonds is 3. The summed E-state index contributed by atoms with van der Waals surface area (Å²) in [7, 11) is 0. The number of benzene rings is 2. The number of amides is 2. The van der Waals surface area contributed by atoms with Crippen LogP contribution < -0.4 is 5.32 Å². The van der Waals surface area contributed by atoms with E-state index in [4.69, 9.17) is 0 Å². The molecule has 6 rings (SSSR count). The van der Waals surface area contributed by atoms with Crippen molar-refractivity contribution in [2.75, 3.05) is 38.0 Å². The Labute approximate surface area is 236 Å². The molecular weight excluding hydrogens is 505 g/mol. The first-order valence-corrected chi connectivity index (χ1v) is 15.4. The zero-order valence-electron chi connectivity index (χ0n) is 23.5. The zero-order chi connectivity index (χ0) is 27.7. The standard InChI is InChI=1S/C33H42FN3O3/c34-28-22-24(30(38)36-18-20-37(21-19-36)31(39)33(40)16-17-33)12-13-25(28)27-23-35-29-11-7-6-10-26(29)32(27)14-8-4-2-1-3-5-9-15-32/h6-7,10-13,22,27,35,40H,1-5,8-9,14-21,23H2. The number of halogens is 1. The lowest BCUT2D eigenvalue weighted by Gasteiger charge is -2.47. The van der Waals surface area contributed by atoms with Crippen LogP contribution in [-0.2, 0) is 10.2 Å². The van der Waals surface area contributed by atoms with Crippen LogP contribution in [0.3, 0.4) is 0 Å². The fourth-order valence-corrected chi connectivity index (χ4v) is 7.45. The topological polar surface area (TPSA) is 72.9 Å². The first kappa shape index (κ1) is 27.3. The molecule has 4 aliphatic rings. The molecule has 1 spiro atoms. The largest absolute Gasteiger partial charge is 0.384 e. The molecule has 1 unspecified atom stereocenters. The van der Waals surface area contributed by atoms with Crippen molar-refractivity contribution in [1.82, 2.24) is 9.80 Å². The van der Waals surface area contributed by atoms with Crippen LogP contribution in [0.1, 0.15) is 98.0 Å². The number of hydrogen-bond acceptors (Lipinski definition) is 4. The van der Waals surface area contributed by atoms with Crippen LogP contribution in [0, 0.1) is 5.82 Å². The van der Waals surface area contributed by atoms with Crippen molar-refractivity contribution < 1.29 is 19.1 Å². The van der Waals surface area contributed by atoms with E-state index >= 15 is 4.39 Å². The van der Waals surface area contributed by atoms with Crippen molar-refractivity contribution in [3.05, 3.63) is 65.0 Å². The molecule has 2 aliphatic carbocycles. The molecule has 1 atom stereocenters. The zero-order valence-corrected chi connectivity index (χ0v) is 23.5. The van der Waals surface area contributed by atoms with Gasteiger partial charge in [0.1, 0.15) is 11.4 Å². The molecule has 2 heterocycles. The predicted molar refractivity (Wildman–Crippen MR) is 154 cm³/mol. The normalized spacial score (nSPS) is 24.1. The SMILES string of the molecule is O=C(c1ccc(C2CNc3ccccc3C23CCCCCCCCC3)c(F)c1)N1CCN(C(=O)C2(O)CC2)CC1. The van der Waals surface area contributed by atoms with Gasteiger partial charge < -0.3 is 20.2 Å². The third kappa shape index (κ3) is 5.13. The molecule has 0 bridgehead atoms. The lowest BCUT2D eigenvalue weighted by Crippen LogP contribution is -2.53. The van der Waals surface area contributed by atoms with E-state index in [1.165, 1.54) is 49.4 Å². The Morgan fingerprint density at radius 2 is 1.45 bits per heavy atom. The van der Waals surface area contributed by atoms with Gasteiger partial charge in [0.05, 0.1) is 0 Å². The van der Waals surface area contributed by atoms with Crippen LogP contribution in [0.4, 0.5) is 10.1 Å². The maximum atomic E-state index is 16.0. The molecule has 0 aromatic heterocycles. The van der Waals surface area contributed by atoms with Crippen LogP contribution in [0.5, 0.6) is 0 Å². The summed E-state index contributed by atoms with van der Waals surface area (Å²) in [5.41, 5.74) is 2.23. The first-order valence-electron chi connectivity index (χ1n) is 15.4. The molecule has 0 radical (unpaired) electrons. The van der Waals surface area contributed by atoms with E-state index in [0.29, 0.717) is 56.7 Å². The summed E-state index contributed by atoms with van der Waals surface area (Å²) in [4.78, 5) is 29.1. The summed E-state index contributed by atoms with van der Waals surface area (Å²) in [5.74, 6) is -0.748. The van der Waals surface area contributed by atoms with Crippen molar-refractivity contribution in [3.8, 4) is 0 Å². The third-order valence-corrected chi connectivity index (χ3v) is 9.97. The van der Waals surface area contributed by atoms with E-state index in [-0.39, 0.29) is 29.0 Å².